The van der Waals surface area contributed by atoms with Crippen molar-refractivity contribution in [1.29, 1.82) is 0 Å². The number of nitrogens with zero attached hydrogens (tertiary/aromatic N) is 1. The van der Waals surface area contributed by atoms with Crippen molar-refractivity contribution in [2.24, 2.45) is 0 Å². The summed E-state index contributed by atoms with van der Waals surface area (Å²) in [5.74, 6) is 0.844. The fraction of sp³-hybridized carbons (Fsp3) is 0.308. The third kappa shape index (κ3) is 4.90. The lowest BCUT2D eigenvalue weighted by molar-refractivity contribution is -0.162. The Morgan fingerprint density at radius 2 is 1.62 bits per heavy atom. The summed E-state index contributed by atoms with van der Waals surface area (Å²) in [5, 5.41) is 0. The molecule has 1 amide bonds. The first-order chi connectivity index (χ1) is 9.94. The van der Waals surface area contributed by atoms with Crippen LogP contribution < -0.4 is 0 Å². The number of furan rings is 2. The highest BCUT2D eigenvalue weighted by atomic mass is 19.4. The number of alkyl halides is 3. The number of hydrogen-bond acceptors (Lipinski definition) is 4. The number of carbonyl (C=O) groups is 1. The van der Waals surface area contributed by atoms with Crippen molar-refractivity contribution >= 4 is 6.09 Å². The second-order valence-corrected chi connectivity index (χ2v) is 4.18. The molecule has 0 fully saturated rings. The predicted molar refractivity (Wildman–Crippen MR) is 64.1 cm³/mol. The second-order valence-electron chi connectivity index (χ2n) is 4.18. The maximum atomic E-state index is 12.1. The Morgan fingerprint density at radius 3 is 2.00 bits per heavy atom. The molecule has 114 valence electrons. The topological polar surface area (TPSA) is 55.8 Å². The van der Waals surface area contributed by atoms with Crippen LogP contribution in [0.1, 0.15) is 11.5 Å². The second kappa shape index (κ2) is 6.38. The van der Waals surface area contributed by atoms with Crippen LogP contribution in [0, 0.1) is 0 Å². The molecule has 0 aliphatic carbocycles. The van der Waals surface area contributed by atoms with Gasteiger partial charge in [-0.2, -0.15) is 13.2 Å². The molecule has 2 rings (SSSR count). The van der Waals surface area contributed by atoms with E-state index in [0.717, 1.165) is 4.90 Å². The zero-order valence-corrected chi connectivity index (χ0v) is 10.8. The van der Waals surface area contributed by atoms with Crippen LogP contribution in [0.5, 0.6) is 0 Å². The highest BCUT2D eigenvalue weighted by Gasteiger charge is 2.31. The van der Waals surface area contributed by atoms with E-state index in [-0.39, 0.29) is 13.1 Å². The van der Waals surface area contributed by atoms with Crippen LogP contribution in [-0.4, -0.2) is 23.8 Å². The summed E-state index contributed by atoms with van der Waals surface area (Å²) in [4.78, 5) is 12.8. The molecular formula is C13H12F3NO4. The van der Waals surface area contributed by atoms with E-state index in [1.54, 1.807) is 24.3 Å². The number of carbonyl (C=O) groups excluding carboxylic acids is 1. The predicted octanol–water partition coefficient (Wildman–Crippen LogP) is 3.57. The van der Waals surface area contributed by atoms with E-state index in [4.69, 9.17) is 8.83 Å². The molecule has 2 aromatic heterocycles. The minimum Gasteiger partial charge on any atom is -0.467 e. The minimum absolute atomic E-state index is 0.0234. The van der Waals surface area contributed by atoms with Gasteiger partial charge in [-0.15, -0.1) is 0 Å². The first-order valence-corrected chi connectivity index (χ1v) is 5.97. The van der Waals surface area contributed by atoms with Gasteiger partial charge in [-0.05, 0) is 24.3 Å². The number of halogens is 3. The van der Waals surface area contributed by atoms with Gasteiger partial charge in [0.1, 0.15) is 11.5 Å². The van der Waals surface area contributed by atoms with E-state index in [2.05, 4.69) is 4.74 Å². The van der Waals surface area contributed by atoms with Crippen molar-refractivity contribution in [2.45, 2.75) is 19.3 Å². The van der Waals surface area contributed by atoms with Crippen LogP contribution in [0.2, 0.25) is 0 Å². The average molecular weight is 303 g/mol. The fourth-order valence-corrected chi connectivity index (χ4v) is 1.60. The van der Waals surface area contributed by atoms with Crippen LogP contribution in [0.4, 0.5) is 18.0 Å². The first kappa shape index (κ1) is 15.0. The Kier molecular flexibility index (Phi) is 4.56. The van der Waals surface area contributed by atoms with E-state index in [1.165, 1.54) is 12.5 Å². The highest BCUT2D eigenvalue weighted by molar-refractivity contribution is 5.67. The molecule has 0 unspecified atom stereocenters. The van der Waals surface area contributed by atoms with Gasteiger partial charge in [0.25, 0.3) is 0 Å². The van der Waals surface area contributed by atoms with Gasteiger partial charge in [0.2, 0.25) is 0 Å². The molecule has 21 heavy (non-hydrogen) atoms. The first-order valence-electron chi connectivity index (χ1n) is 5.97. The van der Waals surface area contributed by atoms with Gasteiger partial charge in [0, 0.05) is 0 Å². The van der Waals surface area contributed by atoms with Gasteiger partial charge in [-0.3, -0.25) is 4.90 Å². The lowest BCUT2D eigenvalue weighted by Crippen LogP contribution is -2.33. The lowest BCUT2D eigenvalue weighted by Gasteiger charge is -2.20. The Balaban J connectivity index is 2.01. The molecule has 0 aliphatic heterocycles. The largest absolute Gasteiger partial charge is 0.467 e. The number of rotatable bonds is 5. The van der Waals surface area contributed by atoms with Crippen molar-refractivity contribution < 1.29 is 31.5 Å². The molecule has 2 heterocycles. The van der Waals surface area contributed by atoms with Crippen molar-refractivity contribution in [1.82, 2.24) is 4.90 Å². The van der Waals surface area contributed by atoms with E-state index >= 15 is 0 Å². The van der Waals surface area contributed by atoms with Gasteiger partial charge >= 0.3 is 12.3 Å². The molecule has 0 bridgehead atoms. The van der Waals surface area contributed by atoms with Crippen LogP contribution in [0.25, 0.3) is 0 Å². The van der Waals surface area contributed by atoms with Crippen LogP contribution in [-0.2, 0) is 17.8 Å². The van der Waals surface area contributed by atoms with Crippen molar-refractivity contribution in [3.8, 4) is 0 Å². The van der Waals surface area contributed by atoms with Gasteiger partial charge in [0.05, 0.1) is 25.6 Å². The van der Waals surface area contributed by atoms with Crippen LogP contribution in [0.3, 0.4) is 0 Å². The summed E-state index contributed by atoms with van der Waals surface area (Å²) >= 11 is 0. The highest BCUT2D eigenvalue weighted by Crippen LogP contribution is 2.17. The summed E-state index contributed by atoms with van der Waals surface area (Å²) in [7, 11) is 0. The van der Waals surface area contributed by atoms with E-state index in [1.807, 2.05) is 0 Å². The summed E-state index contributed by atoms with van der Waals surface area (Å²) in [6.07, 6.45) is -2.86. The van der Waals surface area contributed by atoms with Gasteiger partial charge in [-0.1, -0.05) is 0 Å². The Labute approximate surface area is 117 Å². The summed E-state index contributed by atoms with van der Waals surface area (Å²) in [5.41, 5.74) is 0. The number of ether oxygens (including phenoxy) is 1. The maximum absolute atomic E-state index is 12.1. The van der Waals surface area contributed by atoms with Crippen molar-refractivity contribution in [3.05, 3.63) is 48.3 Å². The zero-order valence-electron chi connectivity index (χ0n) is 10.8. The quantitative estimate of drug-likeness (QED) is 0.847. The summed E-state index contributed by atoms with van der Waals surface area (Å²) < 4.78 is 50.7. The molecule has 0 aromatic carbocycles. The maximum Gasteiger partial charge on any atom is 0.422 e. The molecule has 0 aliphatic rings. The Hall–Kier alpha value is -2.38. The van der Waals surface area contributed by atoms with Crippen molar-refractivity contribution in [3.63, 3.8) is 0 Å². The molecule has 0 atom stereocenters. The van der Waals surface area contributed by atoms with Crippen LogP contribution in [0.15, 0.2) is 45.6 Å². The fourth-order valence-electron chi connectivity index (χ4n) is 1.60. The molecular weight excluding hydrogens is 291 g/mol. The minimum atomic E-state index is -4.57. The molecule has 0 N–H and O–H groups in total. The van der Waals surface area contributed by atoms with E-state index in [9.17, 15) is 18.0 Å². The number of hydrogen-bond donors (Lipinski definition) is 0. The summed E-state index contributed by atoms with van der Waals surface area (Å²) in [6, 6.07) is 6.43. The SMILES string of the molecule is O=C(OCC(F)(F)F)N(Cc1ccco1)Cc1ccco1. The van der Waals surface area contributed by atoms with Crippen molar-refractivity contribution in [2.75, 3.05) is 6.61 Å². The third-order valence-corrected chi connectivity index (χ3v) is 2.47. The van der Waals surface area contributed by atoms with Gasteiger partial charge < -0.3 is 13.6 Å². The zero-order chi connectivity index (χ0) is 15.3. The standard InChI is InChI=1S/C13H12F3NO4/c14-13(15,16)9-21-12(18)17(7-10-3-1-5-19-10)8-11-4-2-6-20-11/h1-6H,7-9H2. The number of amides is 1. The Morgan fingerprint density at radius 1 is 1.10 bits per heavy atom. The monoisotopic (exact) mass is 303 g/mol. The average Bonchev–Trinajstić information content (AvgIpc) is 3.07. The molecule has 0 spiro atoms. The van der Waals surface area contributed by atoms with E-state index < -0.39 is 18.9 Å². The van der Waals surface area contributed by atoms with E-state index in [0.29, 0.717) is 11.5 Å². The molecule has 0 saturated carbocycles. The lowest BCUT2D eigenvalue weighted by atomic mass is 10.3. The molecule has 5 nitrogen and oxygen atoms in total. The third-order valence-electron chi connectivity index (χ3n) is 2.47. The van der Waals surface area contributed by atoms with Crippen LogP contribution >= 0.6 is 0 Å². The summed E-state index contributed by atoms with van der Waals surface area (Å²) in [6.45, 7) is -1.69. The van der Waals surface area contributed by atoms with Gasteiger partial charge in [-0.25, -0.2) is 4.79 Å². The van der Waals surface area contributed by atoms with Gasteiger partial charge in [0.15, 0.2) is 6.61 Å². The molecule has 0 radical (unpaired) electrons. The smallest absolute Gasteiger partial charge is 0.422 e. The molecule has 0 saturated heterocycles. The molecule has 2 aromatic rings. The molecule has 8 heteroatoms. The normalized spacial score (nSPS) is 11.4. The Bertz CT molecular complexity index is 512.